The van der Waals surface area contributed by atoms with Crippen molar-refractivity contribution in [3.8, 4) is 0 Å². The molecule has 0 aliphatic heterocycles. The van der Waals surface area contributed by atoms with E-state index < -0.39 is 9.84 Å². The van der Waals surface area contributed by atoms with Crippen LogP contribution in [0.1, 0.15) is 12.3 Å². The number of halogens is 1. The number of hydrogen-bond donors (Lipinski definition) is 1. The summed E-state index contributed by atoms with van der Waals surface area (Å²) < 4.78 is 26.9. The normalized spacial score (nSPS) is 11.6. The zero-order valence-corrected chi connectivity index (χ0v) is 10.5. The smallest absolute Gasteiger partial charge is 0.315 e. The van der Waals surface area contributed by atoms with E-state index >= 15 is 0 Å². The lowest BCUT2D eigenvalue weighted by Gasteiger charge is -1.99. The van der Waals surface area contributed by atoms with E-state index in [4.69, 9.17) is 16.0 Å². The Hall–Kier alpha value is -0.820. The summed E-state index contributed by atoms with van der Waals surface area (Å²) in [4.78, 5) is 0. The number of sulfone groups is 1. The summed E-state index contributed by atoms with van der Waals surface area (Å²) in [6.45, 7) is 0.482. The minimum atomic E-state index is -2.91. The molecule has 1 aromatic rings. The highest BCUT2D eigenvalue weighted by Crippen LogP contribution is 2.06. The van der Waals surface area contributed by atoms with Crippen molar-refractivity contribution < 1.29 is 12.8 Å². The van der Waals surface area contributed by atoms with Crippen molar-refractivity contribution in [1.82, 2.24) is 10.2 Å². The van der Waals surface area contributed by atoms with E-state index in [1.54, 1.807) is 0 Å². The number of hydrogen-bond acceptors (Lipinski definition) is 6. The van der Waals surface area contributed by atoms with E-state index in [0.29, 0.717) is 37.2 Å². The maximum absolute atomic E-state index is 10.8. The molecule has 8 heteroatoms. The Kier molecular flexibility index (Phi) is 5.01. The first-order valence-electron chi connectivity index (χ1n) is 4.81. The Morgan fingerprint density at radius 1 is 1.44 bits per heavy atom. The summed E-state index contributed by atoms with van der Waals surface area (Å²) in [7, 11) is -2.91. The number of aromatic nitrogens is 2. The van der Waals surface area contributed by atoms with Crippen LogP contribution < -0.4 is 5.32 Å². The van der Waals surface area contributed by atoms with Crippen molar-refractivity contribution in [1.29, 1.82) is 0 Å². The second-order valence-corrected chi connectivity index (χ2v) is 5.99. The third-order valence-corrected chi connectivity index (χ3v) is 2.96. The number of anilines is 1. The third kappa shape index (κ3) is 5.32. The van der Waals surface area contributed by atoms with Gasteiger partial charge < -0.3 is 9.73 Å². The van der Waals surface area contributed by atoms with Gasteiger partial charge in [-0.25, -0.2) is 8.42 Å². The van der Waals surface area contributed by atoms with Gasteiger partial charge in [0.25, 0.3) is 0 Å². The molecular weight excluding hydrogens is 254 g/mol. The van der Waals surface area contributed by atoms with Crippen LogP contribution in [0.5, 0.6) is 0 Å². The minimum Gasteiger partial charge on any atom is -0.408 e. The molecule has 0 unspecified atom stereocenters. The van der Waals surface area contributed by atoms with Crippen LogP contribution in [0.4, 0.5) is 6.01 Å². The Morgan fingerprint density at radius 3 is 2.81 bits per heavy atom. The van der Waals surface area contributed by atoms with Gasteiger partial charge in [-0.3, -0.25) is 0 Å². The summed E-state index contributed by atoms with van der Waals surface area (Å²) in [5.41, 5.74) is 0. The van der Waals surface area contributed by atoms with Crippen molar-refractivity contribution in [3.05, 3.63) is 5.89 Å². The first-order chi connectivity index (χ1) is 7.51. The van der Waals surface area contributed by atoms with E-state index in [0.717, 1.165) is 0 Å². The quantitative estimate of drug-likeness (QED) is 0.578. The molecule has 1 N–H and O–H groups in total. The molecule has 6 nitrogen and oxygen atoms in total. The van der Waals surface area contributed by atoms with Crippen LogP contribution in [0.3, 0.4) is 0 Å². The van der Waals surface area contributed by atoms with Gasteiger partial charge in [0.15, 0.2) is 0 Å². The molecule has 1 heterocycles. The van der Waals surface area contributed by atoms with Crippen molar-refractivity contribution in [2.45, 2.75) is 12.8 Å². The molecule has 0 aliphatic rings. The SMILES string of the molecule is CS(=O)(=O)CCCNc1nnc(CCCl)o1. The number of nitrogens with one attached hydrogen (secondary N) is 1. The highest BCUT2D eigenvalue weighted by molar-refractivity contribution is 7.90. The van der Waals surface area contributed by atoms with Gasteiger partial charge in [-0.05, 0) is 6.42 Å². The molecule has 92 valence electrons. The number of alkyl halides is 1. The molecule has 0 aromatic carbocycles. The minimum absolute atomic E-state index is 0.142. The number of aryl methyl sites for hydroxylation is 1. The highest BCUT2D eigenvalue weighted by atomic mass is 35.5. The van der Waals surface area contributed by atoms with E-state index in [1.165, 1.54) is 6.26 Å². The second-order valence-electron chi connectivity index (χ2n) is 3.35. The Morgan fingerprint density at radius 2 is 2.19 bits per heavy atom. The molecule has 16 heavy (non-hydrogen) atoms. The standard InChI is InChI=1S/C8H14ClN3O3S/c1-16(13,14)6-2-5-10-8-12-11-7(15-8)3-4-9/h2-6H2,1H3,(H,10,12). The van der Waals surface area contributed by atoms with Gasteiger partial charge >= 0.3 is 6.01 Å². The van der Waals surface area contributed by atoms with E-state index in [9.17, 15) is 8.42 Å². The number of rotatable bonds is 7. The Bertz CT molecular complexity index is 418. The van der Waals surface area contributed by atoms with Crippen LogP contribution in [-0.4, -0.2) is 43.0 Å². The van der Waals surface area contributed by atoms with Crippen molar-refractivity contribution >= 4 is 27.5 Å². The molecular formula is C8H14ClN3O3S. The predicted molar refractivity (Wildman–Crippen MR) is 61.5 cm³/mol. The first kappa shape index (κ1) is 13.2. The fourth-order valence-corrected chi connectivity index (χ4v) is 1.87. The fourth-order valence-electron chi connectivity index (χ4n) is 1.04. The molecule has 0 fully saturated rings. The van der Waals surface area contributed by atoms with Gasteiger partial charge in [0.05, 0.1) is 5.75 Å². The lowest BCUT2D eigenvalue weighted by atomic mass is 10.5. The van der Waals surface area contributed by atoms with Crippen LogP contribution in [0.25, 0.3) is 0 Å². The van der Waals surface area contributed by atoms with Crippen molar-refractivity contribution in [2.24, 2.45) is 0 Å². The molecule has 0 bridgehead atoms. The molecule has 0 aliphatic carbocycles. The summed E-state index contributed by atoms with van der Waals surface area (Å²) in [6, 6.07) is 0.300. The maximum atomic E-state index is 10.8. The van der Waals surface area contributed by atoms with Gasteiger partial charge in [-0.2, -0.15) is 0 Å². The van der Waals surface area contributed by atoms with Gasteiger partial charge in [0.2, 0.25) is 5.89 Å². The second kappa shape index (κ2) is 6.05. The van der Waals surface area contributed by atoms with Crippen LogP contribution in [0.15, 0.2) is 4.42 Å². The van der Waals surface area contributed by atoms with Crippen LogP contribution in [0.2, 0.25) is 0 Å². The average molecular weight is 268 g/mol. The van der Waals surface area contributed by atoms with Crippen molar-refractivity contribution in [2.75, 3.05) is 29.8 Å². The molecule has 0 radical (unpaired) electrons. The Balaban J connectivity index is 2.26. The Labute approximate surface area is 99.3 Å². The third-order valence-electron chi connectivity index (χ3n) is 1.74. The van der Waals surface area contributed by atoms with Gasteiger partial charge in [0, 0.05) is 25.1 Å². The largest absolute Gasteiger partial charge is 0.408 e. The zero-order chi connectivity index (χ0) is 12.0. The van der Waals surface area contributed by atoms with E-state index in [-0.39, 0.29) is 5.75 Å². The predicted octanol–water partition coefficient (Wildman–Crippen LogP) is 0.698. The highest BCUT2D eigenvalue weighted by Gasteiger charge is 2.05. The lowest BCUT2D eigenvalue weighted by molar-refractivity contribution is 0.512. The number of nitrogens with zero attached hydrogens (tertiary/aromatic N) is 2. The van der Waals surface area contributed by atoms with Crippen molar-refractivity contribution in [3.63, 3.8) is 0 Å². The van der Waals surface area contributed by atoms with Gasteiger partial charge in [0.1, 0.15) is 9.84 Å². The zero-order valence-electron chi connectivity index (χ0n) is 8.94. The van der Waals surface area contributed by atoms with E-state index in [2.05, 4.69) is 15.5 Å². The summed E-state index contributed by atoms with van der Waals surface area (Å²) >= 11 is 5.51. The van der Waals surface area contributed by atoms with Crippen LogP contribution in [-0.2, 0) is 16.3 Å². The van der Waals surface area contributed by atoms with Gasteiger partial charge in [-0.1, -0.05) is 5.10 Å². The van der Waals surface area contributed by atoms with E-state index in [1.807, 2.05) is 0 Å². The van der Waals surface area contributed by atoms with Gasteiger partial charge in [-0.15, -0.1) is 16.7 Å². The average Bonchev–Trinajstić information content (AvgIpc) is 2.60. The van der Waals surface area contributed by atoms with Crippen LogP contribution >= 0.6 is 11.6 Å². The molecule has 0 saturated carbocycles. The summed E-state index contributed by atoms with van der Waals surface area (Å²) in [6.07, 6.45) is 2.24. The maximum Gasteiger partial charge on any atom is 0.315 e. The summed E-state index contributed by atoms with van der Waals surface area (Å²) in [5, 5.41) is 10.3. The monoisotopic (exact) mass is 267 g/mol. The fraction of sp³-hybridized carbons (Fsp3) is 0.750. The molecule has 0 amide bonds. The molecule has 1 aromatic heterocycles. The molecule has 0 spiro atoms. The molecule has 1 rings (SSSR count). The molecule has 0 saturated heterocycles. The molecule has 0 atom stereocenters. The first-order valence-corrected chi connectivity index (χ1v) is 7.41. The lowest BCUT2D eigenvalue weighted by Crippen LogP contribution is -2.09. The topological polar surface area (TPSA) is 85.1 Å². The summed E-state index contributed by atoms with van der Waals surface area (Å²) in [5.74, 6) is 1.04. The van der Waals surface area contributed by atoms with Crippen LogP contribution in [0, 0.1) is 0 Å².